The fourth-order valence-electron chi connectivity index (χ4n) is 1.31. The van der Waals surface area contributed by atoms with Gasteiger partial charge in [-0.1, -0.05) is 20.8 Å². The summed E-state index contributed by atoms with van der Waals surface area (Å²) in [7, 11) is 1.72. The molecule has 0 radical (unpaired) electrons. The van der Waals surface area contributed by atoms with E-state index in [1.165, 1.54) is 5.69 Å². The third kappa shape index (κ3) is 4.20. The van der Waals surface area contributed by atoms with Crippen molar-refractivity contribution in [3.8, 4) is 0 Å². The standard InChI is InChI=1S/C12H22N2OS/c1-9(7-15-5)13-6-11-14-10(8-16-11)12(2,3)4/h8-9,13H,6-7H2,1-5H3. The molecule has 0 aliphatic carbocycles. The van der Waals surface area contributed by atoms with Crippen LogP contribution in [-0.2, 0) is 16.7 Å². The molecular weight excluding hydrogens is 220 g/mol. The van der Waals surface area contributed by atoms with Gasteiger partial charge in [-0.2, -0.15) is 0 Å². The Kier molecular flexibility index (Phi) is 4.89. The average molecular weight is 242 g/mol. The number of thiazole rings is 1. The maximum absolute atomic E-state index is 5.07. The van der Waals surface area contributed by atoms with Gasteiger partial charge in [0.15, 0.2) is 0 Å². The first kappa shape index (κ1) is 13.6. The van der Waals surface area contributed by atoms with Crippen LogP contribution >= 0.6 is 11.3 Å². The third-order valence-corrected chi connectivity index (χ3v) is 3.19. The van der Waals surface area contributed by atoms with Crippen molar-refractivity contribution < 1.29 is 4.74 Å². The Morgan fingerprint density at radius 2 is 2.19 bits per heavy atom. The predicted molar refractivity (Wildman–Crippen MR) is 69.0 cm³/mol. The SMILES string of the molecule is COCC(C)NCc1nc(C(C)(C)C)cs1. The summed E-state index contributed by atoms with van der Waals surface area (Å²) in [6.07, 6.45) is 0. The molecule has 0 amide bonds. The molecule has 1 aromatic heterocycles. The first-order chi connectivity index (χ1) is 7.43. The number of nitrogens with zero attached hydrogens (tertiary/aromatic N) is 1. The van der Waals surface area contributed by atoms with Crippen molar-refractivity contribution in [2.75, 3.05) is 13.7 Å². The highest BCUT2D eigenvalue weighted by Crippen LogP contribution is 2.23. The van der Waals surface area contributed by atoms with Gasteiger partial charge in [0.25, 0.3) is 0 Å². The highest BCUT2D eigenvalue weighted by molar-refractivity contribution is 7.09. The Hall–Kier alpha value is -0.450. The van der Waals surface area contributed by atoms with E-state index in [2.05, 4.69) is 43.4 Å². The average Bonchev–Trinajstić information content (AvgIpc) is 2.63. The summed E-state index contributed by atoms with van der Waals surface area (Å²) in [5.41, 5.74) is 1.32. The lowest BCUT2D eigenvalue weighted by Gasteiger charge is -2.14. The number of aromatic nitrogens is 1. The molecule has 0 saturated heterocycles. The van der Waals surface area contributed by atoms with Crippen LogP contribution in [0.3, 0.4) is 0 Å². The minimum atomic E-state index is 0.146. The highest BCUT2D eigenvalue weighted by atomic mass is 32.1. The first-order valence-corrected chi connectivity index (χ1v) is 6.48. The Morgan fingerprint density at radius 3 is 2.69 bits per heavy atom. The molecule has 4 heteroatoms. The van der Waals surface area contributed by atoms with Crippen molar-refractivity contribution in [1.82, 2.24) is 10.3 Å². The molecule has 1 unspecified atom stereocenters. The number of hydrogen-bond donors (Lipinski definition) is 1. The summed E-state index contributed by atoms with van der Waals surface area (Å²) in [4.78, 5) is 4.63. The quantitative estimate of drug-likeness (QED) is 0.861. The van der Waals surface area contributed by atoms with E-state index in [9.17, 15) is 0 Å². The zero-order valence-corrected chi connectivity index (χ0v) is 11.6. The van der Waals surface area contributed by atoms with E-state index >= 15 is 0 Å². The maximum Gasteiger partial charge on any atom is 0.107 e. The molecule has 92 valence electrons. The van der Waals surface area contributed by atoms with Crippen molar-refractivity contribution in [2.45, 2.75) is 45.7 Å². The zero-order chi connectivity index (χ0) is 12.2. The van der Waals surface area contributed by atoms with Gasteiger partial charge in [-0.25, -0.2) is 4.98 Å². The maximum atomic E-state index is 5.07. The zero-order valence-electron chi connectivity index (χ0n) is 10.8. The van der Waals surface area contributed by atoms with Crippen LogP contribution in [0, 0.1) is 0 Å². The van der Waals surface area contributed by atoms with Crippen LogP contribution in [-0.4, -0.2) is 24.7 Å². The van der Waals surface area contributed by atoms with Gasteiger partial charge >= 0.3 is 0 Å². The minimum absolute atomic E-state index is 0.146. The van der Waals surface area contributed by atoms with Gasteiger partial charge in [-0.3, -0.25) is 0 Å². The lowest BCUT2D eigenvalue weighted by Crippen LogP contribution is -2.29. The van der Waals surface area contributed by atoms with Crippen LogP contribution in [0.15, 0.2) is 5.38 Å². The summed E-state index contributed by atoms with van der Waals surface area (Å²) < 4.78 is 5.07. The molecule has 0 aliphatic heterocycles. The number of ether oxygens (including phenoxy) is 1. The fourth-order valence-corrected chi connectivity index (χ4v) is 2.28. The van der Waals surface area contributed by atoms with Gasteiger partial charge in [-0.05, 0) is 6.92 Å². The first-order valence-electron chi connectivity index (χ1n) is 5.60. The molecule has 0 saturated carbocycles. The smallest absolute Gasteiger partial charge is 0.107 e. The molecule has 1 N–H and O–H groups in total. The molecule has 16 heavy (non-hydrogen) atoms. The van der Waals surface area contributed by atoms with Gasteiger partial charge in [0, 0.05) is 30.5 Å². The Balaban J connectivity index is 2.47. The number of nitrogens with one attached hydrogen (secondary N) is 1. The summed E-state index contributed by atoms with van der Waals surface area (Å²) in [5.74, 6) is 0. The van der Waals surface area contributed by atoms with Crippen LogP contribution in [0.2, 0.25) is 0 Å². The summed E-state index contributed by atoms with van der Waals surface area (Å²) >= 11 is 1.72. The van der Waals surface area contributed by atoms with E-state index in [4.69, 9.17) is 4.74 Å². The van der Waals surface area contributed by atoms with Gasteiger partial charge in [-0.15, -0.1) is 11.3 Å². The van der Waals surface area contributed by atoms with E-state index in [1.54, 1.807) is 18.4 Å². The van der Waals surface area contributed by atoms with E-state index in [0.29, 0.717) is 6.04 Å². The van der Waals surface area contributed by atoms with Crippen LogP contribution in [0.1, 0.15) is 38.4 Å². The number of rotatable bonds is 5. The Labute approximate surface area is 102 Å². The van der Waals surface area contributed by atoms with Crippen molar-refractivity contribution in [2.24, 2.45) is 0 Å². The Bertz CT molecular complexity index is 317. The second-order valence-corrected chi connectivity index (χ2v) is 6.06. The molecule has 1 heterocycles. The second kappa shape index (κ2) is 5.75. The molecule has 0 aromatic carbocycles. The van der Waals surface area contributed by atoms with E-state index in [1.807, 2.05) is 0 Å². The third-order valence-electron chi connectivity index (χ3n) is 2.34. The molecule has 3 nitrogen and oxygen atoms in total. The van der Waals surface area contributed by atoms with Crippen molar-refractivity contribution in [3.63, 3.8) is 0 Å². The molecule has 0 aliphatic rings. The predicted octanol–water partition coefficient (Wildman–Crippen LogP) is 2.57. The summed E-state index contributed by atoms with van der Waals surface area (Å²) in [6, 6.07) is 0.368. The lowest BCUT2D eigenvalue weighted by atomic mass is 9.93. The molecule has 0 spiro atoms. The van der Waals surface area contributed by atoms with E-state index in [-0.39, 0.29) is 5.41 Å². The van der Waals surface area contributed by atoms with E-state index < -0.39 is 0 Å². The van der Waals surface area contributed by atoms with E-state index in [0.717, 1.165) is 18.2 Å². The second-order valence-electron chi connectivity index (χ2n) is 5.11. The van der Waals surface area contributed by atoms with Crippen LogP contribution in [0.5, 0.6) is 0 Å². The number of hydrogen-bond acceptors (Lipinski definition) is 4. The minimum Gasteiger partial charge on any atom is -0.383 e. The van der Waals surface area contributed by atoms with Gasteiger partial charge in [0.05, 0.1) is 12.3 Å². The molecule has 1 rings (SSSR count). The van der Waals surface area contributed by atoms with Crippen LogP contribution in [0.25, 0.3) is 0 Å². The van der Waals surface area contributed by atoms with Crippen molar-refractivity contribution in [1.29, 1.82) is 0 Å². The van der Waals surface area contributed by atoms with Gasteiger partial charge < -0.3 is 10.1 Å². The van der Waals surface area contributed by atoms with Gasteiger partial charge in [0.2, 0.25) is 0 Å². The molecule has 1 aromatic rings. The van der Waals surface area contributed by atoms with Gasteiger partial charge in [0.1, 0.15) is 5.01 Å². The van der Waals surface area contributed by atoms with Crippen LogP contribution in [0.4, 0.5) is 0 Å². The van der Waals surface area contributed by atoms with Crippen LogP contribution < -0.4 is 5.32 Å². The largest absolute Gasteiger partial charge is 0.383 e. The molecule has 0 bridgehead atoms. The molecular formula is C12H22N2OS. The van der Waals surface area contributed by atoms with Crippen molar-refractivity contribution in [3.05, 3.63) is 16.1 Å². The summed E-state index contributed by atoms with van der Waals surface area (Å²) in [6.45, 7) is 10.2. The Morgan fingerprint density at radius 1 is 1.50 bits per heavy atom. The molecule has 1 atom stereocenters. The fraction of sp³-hybridized carbons (Fsp3) is 0.750. The highest BCUT2D eigenvalue weighted by Gasteiger charge is 2.17. The number of methoxy groups -OCH3 is 1. The van der Waals surface area contributed by atoms with Crippen molar-refractivity contribution >= 4 is 11.3 Å². The summed E-state index contributed by atoms with van der Waals surface area (Å²) in [5, 5.41) is 6.68. The lowest BCUT2D eigenvalue weighted by molar-refractivity contribution is 0.171. The monoisotopic (exact) mass is 242 g/mol. The normalized spacial score (nSPS) is 14.1. The topological polar surface area (TPSA) is 34.1 Å². The molecule has 0 fully saturated rings.